The van der Waals surface area contributed by atoms with Crippen LogP contribution in [-0.2, 0) is 19.1 Å². The van der Waals surface area contributed by atoms with Gasteiger partial charge in [-0.15, -0.1) is 6.58 Å². The Balaban J connectivity index is 2.66. The van der Waals surface area contributed by atoms with E-state index >= 15 is 0 Å². The van der Waals surface area contributed by atoms with Crippen LogP contribution in [0.1, 0.15) is 45.4 Å². The third kappa shape index (κ3) is 3.28. The van der Waals surface area contributed by atoms with Crippen molar-refractivity contribution >= 4 is 18.0 Å². The van der Waals surface area contributed by atoms with Gasteiger partial charge in [-0.2, -0.15) is 0 Å². The Kier molecular flexibility index (Phi) is 5.25. The minimum absolute atomic E-state index is 0.0176. The molecule has 0 N–H and O–H groups in total. The first-order valence-electron chi connectivity index (χ1n) is 6.34. The first-order valence-corrected chi connectivity index (χ1v) is 6.34. The van der Waals surface area contributed by atoms with Crippen LogP contribution in [0.3, 0.4) is 0 Å². The van der Waals surface area contributed by atoms with Crippen molar-refractivity contribution in [2.45, 2.75) is 51.0 Å². The number of carbonyl (C=O) groups is 3. The third-order valence-corrected chi connectivity index (χ3v) is 3.56. The van der Waals surface area contributed by atoms with Gasteiger partial charge < -0.3 is 9.53 Å². The lowest BCUT2D eigenvalue weighted by Crippen LogP contribution is -2.41. The molecule has 0 amide bonds. The van der Waals surface area contributed by atoms with Gasteiger partial charge in [-0.25, -0.2) is 0 Å². The van der Waals surface area contributed by atoms with Crippen LogP contribution in [0.15, 0.2) is 12.7 Å². The second-order valence-electron chi connectivity index (χ2n) is 4.83. The van der Waals surface area contributed by atoms with E-state index in [1.807, 2.05) is 0 Å². The molecule has 18 heavy (non-hydrogen) atoms. The van der Waals surface area contributed by atoms with E-state index in [2.05, 4.69) is 6.58 Å². The highest BCUT2D eigenvalue weighted by Gasteiger charge is 2.48. The number of hydrogen-bond donors (Lipinski definition) is 0. The zero-order valence-electron chi connectivity index (χ0n) is 10.8. The molecule has 0 saturated heterocycles. The molecular formula is C14H20O4. The molecule has 1 aliphatic carbocycles. The van der Waals surface area contributed by atoms with Crippen LogP contribution in [0.2, 0.25) is 0 Å². The molecule has 0 aromatic heterocycles. The van der Waals surface area contributed by atoms with Crippen molar-refractivity contribution in [2.75, 3.05) is 0 Å². The minimum atomic E-state index is -1.01. The number of Topliss-reactive ketones (excluding diaryl/α,β-unsaturated/α-hetero) is 1. The lowest BCUT2D eigenvalue weighted by Gasteiger charge is -2.29. The fourth-order valence-corrected chi connectivity index (χ4v) is 2.46. The van der Waals surface area contributed by atoms with E-state index in [1.54, 1.807) is 6.92 Å². The fourth-order valence-electron chi connectivity index (χ4n) is 2.46. The number of aldehydes is 1. The molecule has 100 valence electrons. The molecule has 1 saturated carbocycles. The quantitative estimate of drug-likeness (QED) is 0.302. The molecule has 4 nitrogen and oxygen atoms in total. The summed E-state index contributed by atoms with van der Waals surface area (Å²) < 4.78 is 5.35. The maximum absolute atomic E-state index is 11.9. The van der Waals surface area contributed by atoms with Crippen LogP contribution in [0.25, 0.3) is 0 Å². The summed E-state index contributed by atoms with van der Waals surface area (Å²) in [6.07, 6.45) is 5.59. The SMILES string of the molecule is C=CCC(=O)OC1(C)C(=O)CCC1CCCC=O. The summed E-state index contributed by atoms with van der Waals surface area (Å²) in [6.45, 7) is 5.16. The van der Waals surface area contributed by atoms with Gasteiger partial charge in [0.05, 0.1) is 6.42 Å². The van der Waals surface area contributed by atoms with Crippen molar-refractivity contribution in [1.29, 1.82) is 0 Å². The Morgan fingerprint density at radius 2 is 2.33 bits per heavy atom. The van der Waals surface area contributed by atoms with Crippen molar-refractivity contribution < 1.29 is 19.1 Å². The summed E-state index contributed by atoms with van der Waals surface area (Å²) in [6, 6.07) is 0. The minimum Gasteiger partial charge on any atom is -0.451 e. The molecule has 1 rings (SSSR count). The number of rotatable bonds is 7. The fraction of sp³-hybridized carbons (Fsp3) is 0.643. The smallest absolute Gasteiger partial charge is 0.310 e. The van der Waals surface area contributed by atoms with Gasteiger partial charge in [0.25, 0.3) is 0 Å². The zero-order valence-corrected chi connectivity index (χ0v) is 10.8. The zero-order chi connectivity index (χ0) is 13.6. The topological polar surface area (TPSA) is 60.4 Å². The first-order chi connectivity index (χ1) is 8.54. The summed E-state index contributed by atoms with van der Waals surface area (Å²) in [5, 5.41) is 0. The number of unbranched alkanes of at least 4 members (excludes halogenated alkanes) is 1. The van der Waals surface area contributed by atoms with Crippen LogP contribution in [0.5, 0.6) is 0 Å². The molecule has 2 unspecified atom stereocenters. The lowest BCUT2D eigenvalue weighted by atomic mass is 9.87. The van der Waals surface area contributed by atoms with E-state index < -0.39 is 11.6 Å². The molecule has 0 spiro atoms. The second kappa shape index (κ2) is 6.47. The summed E-state index contributed by atoms with van der Waals surface area (Å²) in [7, 11) is 0. The van der Waals surface area contributed by atoms with Gasteiger partial charge in [0.2, 0.25) is 0 Å². The van der Waals surface area contributed by atoms with Crippen LogP contribution in [-0.4, -0.2) is 23.6 Å². The van der Waals surface area contributed by atoms with E-state index in [0.717, 1.165) is 25.5 Å². The van der Waals surface area contributed by atoms with E-state index in [-0.39, 0.29) is 18.1 Å². The van der Waals surface area contributed by atoms with E-state index in [1.165, 1.54) is 6.08 Å². The normalized spacial score (nSPS) is 26.9. The Morgan fingerprint density at radius 1 is 1.61 bits per heavy atom. The highest BCUT2D eigenvalue weighted by Crippen LogP contribution is 2.39. The van der Waals surface area contributed by atoms with Crippen LogP contribution in [0, 0.1) is 5.92 Å². The average Bonchev–Trinajstić information content (AvgIpc) is 2.57. The Hall–Kier alpha value is -1.45. The molecule has 4 heteroatoms. The van der Waals surface area contributed by atoms with Gasteiger partial charge in [0, 0.05) is 18.8 Å². The molecule has 0 bridgehead atoms. The molecular weight excluding hydrogens is 232 g/mol. The first kappa shape index (κ1) is 14.6. The number of ether oxygens (including phenoxy) is 1. The molecule has 0 heterocycles. The monoisotopic (exact) mass is 252 g/mol. The Bertz CT molecular complexity index is 348. The van der Waals surface area contributed by atoms with Crippen molar-refractivity contribution in [3.8, 4) is 0 Å². The molecule has 0 aromatic carbocycles. The van der Waals surface area contributed by atoms with Gasteiger partial charge in [0.1, 0.15) is 6.29 Å². The lowest BCUT2D eigenvalue weighted by molar-refractivity contribution is -0.167. The maximum atomic E-state index is 11.9. The van der Waals surface area contributed by atoms with E-state index in [0.29, 0.717) is 12.8 Å². The van der Waals surface area contributed by atoms with Gasteiger partial charge in [0.15, 0.2) is 11.4 Å². The predicted octanol–water partition coefficient (Wildman–Crippen LogP) is 2.21. The number of carbonyl (C=O) groups excluding carboxylic acids is 3. The predicted molar refractivity (Wildman–Crippen MR) is 67.0 cm³/mol. The average molecular weight is 252 g/mol. The van der Waals surface area contributed by atoms with E-state index in [9.17, 15) is 14.4 Å². The van der Waals surface area contributed by atoms with Crippen LogP contribution >= 0.6 is 0 Å². The standard InChI is InChI=1S/C14H20O4/c1-3-6-13(17)18-14(2)11(7-4-5-10-15)8-9-12(14)16/h3,10-11H,1,4-9H2,2H3. The van der Waals surface area contributed by atoms with Crippen LogP contribution < -0.4 is 0 Å². The Labute approximate surface area is 107 Å². The van der Waals surface area contributed by atoms with E-state index in [4.69, 9.17) is 4.74 Å². The number of ketones is 1. The third-order valence-electron chi connectivity index (χ3n) is 3.56. The van der Waals surface area contributed by atoms with Gasteiger partial charge in [-0.05, 0) is 26.2 Å². The van der Waals surface area contributed by atoms with Gasteiger partial charge in [-0.1, -0.05) is 6.08 Å². The van der Waals surface area contributed by atoms with Crippen LogP contribution in [0.4, 0.5) is 0 Å². The number of hydrogen-bond acceptors (Lipinski definition) is 4. The Morgan fingerprint density at radius 3 is 2.94 bits per heavy atom. The van der Waals surface area contributed by atoms with Gasteiger partial charge in [-0.3, -0.25) is 9.59 Å². The van der Waals surface area contributed by atoms with Crippen molar-refractivity contribution in [1.82, 2.24) is 0 Å². The summed E-state index contributed by atoms with van der Waals surface area (Å²) in [4.78, 5) is 33.7. The molecule has 0 radical (unpaired) electrons. The van der Waals surface area contributed by atoms with Crippen molar-refractivity contribution in [3.63, 3.8) is 0 Å². The highest BCUT2D eigenvalue weighted by atomic mass is 16.6. The maximum Gasteiger partial charge on any atom is 0.310 e. The molecule has 1 aliphatic rings. The van der Waals surface area contributed by atoms with Crippen molar-refractivity contribution in [3.05, 3.63) is 12.7 Å². The van der Waals surface area contributed by atoms with Crippen molar-refractivity contribution in [2.24, 2.45) is 5.92 Å². The molecule has 0 aliphatic heterocycles. The largest absolute Gasteiger partial charge is 0.451 e. The second-order valence-corrected chi connectivity index (χ2v) is 4.83. The summed E-state index contributed by atoms with van der Waals surface area (Å²) >= 11 is 0. The summed E-state index contributed by atoms with van der Waals surface area (Å²) in [5.41, 5.74) is -1.01. The molecule has 2 atom stereocenters. The number of esters is 1. The van der Waals surface area contributed by atoms with Gasteiger partial charge >= 0.3 is 5.97 Å². The highest BCUT2D eigenvalue weighted by molar-refractivity contribution is 5.91. The molecule has 0 aromatic rings. The molecule has 1 fully saturated rings. The summed E-state index contributed by atoms with van der Waals surface area (Å²) in [5.74, 6) is -0.405.